The number of aliphatic hydroxyl groups is 1. The van der Waals surface area contributed by atoms with Gasteiger partial charge in [-0.05, 0) is 37.8 Å². The van der Waals surface area contributed by atoms with Crippen LogP contribution in [0.1, 0.15) is 57.1 Å². The Bertz CT molecular complexity index is 922. The van der Waals surface area contributed by atoms with Crippen molar-refractivity contribution in [2.75, 3.05) is 6.54 Å². The predicted octanol–water partition coefficient (Wildman–Crippen LogP) is 4.86. The van der Waals surface area contributed by atoms with Crippen molar-refractivity contribution in [1.82, 2.24) is 4.90 Å². The van der Waals surface area contributed by atoms with Crippen LogP contribution in [0.5, 0.6) is 0 Å². The van der Waals surface area contributed by atoms with E-state index in [1.165, 1.54) is 12.1 Å². The monoisotopic (exact) mass is 449 g/mol. The molecule has 1 amide bonds. The van der Waals surface area contributed by atoms with Crippen LogP contribution in [-0.2, 0) is 15.5 Å². The highest BCUT2D eigenvalue weighted by molar-refractivity contribution is 5.78. The minimum atomic E-state index is -3.61. The molecule has 0 saturated carbocycles. The Morgan fingerprint density at radius 2 is 2.00 bits per heavy atom. The number of carbonyl (C=O) groups is 2. The summed E-state index contributed by atoms with van der Waals surface area (Å²) in [4.78, 5) is 24.6. The van der Waals surface area contributed by atoms with Gasteiger partial charge in [0.25, 0.3) is 0 Å². The number of para-hydroxylation sites is 1. The van der Waals surface area contributed by atoms with Crippen LogP contribution in [0.15, 0.2) is 46.9 Å². The lowest BCUT2D eigenvalue weighted by Gasteiger charge is -2.34. The third-order valence-electron chi connectivity index (χ3n) is 5.79. The lowest BCUT2D eigenvalue weighted by molar-refractivity contribution is -0.137. The molecule has 2 N–H and O–H groups in total. The summed E-state index contributed by atoms with van der Waals surface area (Å²) >= 11 is 0. The van der Waals surface area contributed by atoms with Crippen molar-refractivity contribution >= 4 is 22.8 Å². The number of piperidine rings is 1. The summed E-state index contributed by atoms with van der Waals surface area (Å²) in [5.74, 6) is -5.06. The van der Waals surface area contributed by atoms with Gasteiger partial charge in [0.15, 0.2) is 5.76 Å². The van der Waals surface area contributed by atoms with E-state index >= 15 is 0 Å². The summed E-state index contributed by atoms with van der Waals surface area (Å²) in [5, 5.41) is 19.4. The molecule has 0 radical (unpaired) electrons. The number of nitrogens with zero attached hydrogens (tertiary/aromatic N) is 1. The second-order valence-electron chi connectivity index (χ2n) is 8.21. The average Bonchev–Trinajstić information content (AvgIpc) is 3.20. The summed E-state index contributed by atoms with van der Waals surface area (Å²) in [5.41, 5.74) is 0.325. The van der Waals surface area contributed by atoms with Crippen molar-refractivity contribution in [2.24, 2.45) is 0 Å². The SMILES string of the molecule is O=C(O)CCCCCCN1C(=O)CCC[C@@H]1/C=C/[C@@H](O)C(F)(F)c1cc2ccccc2o1. The van der Waals surface area contributed by atoms with Gasteiger partial charge < -0.3 is 19.5 Å². The molecule has 2 heterocycles. The molecule has 1 aliphatic heterocycles. The Morgan fingerprint density at radius 3 is 2.75 bits per heavy atom. The molecule has 8 heteroatoms. The number of carboxylic acids is 1. The van der Waals surface area contributed by atoms with Gasteiger partial charge in [-0.25, -0.2) is 0 Å². The summed E-state index contributed by atoms with van der Waals surface area (Å²) < 4.78 is 34.8. The number of aliphatic carboxylic acids is 1. The van der Waals surface area contributed by atoms with Crippen LogP contribution in [0.2, 0.25) is 0 Å². The Balaban J connectivity index is 1.60. The van der Waals surface area contributed by atoms with Gasteiger partial charge in [0.1, 0.15) is 11.7 Å². The topological polar surface area (TPSA) is 91.0 Å². The normalized spacial score (nSPS) is 18.5. The van der Waals surface area contributed by atoms with E-state index in [0.29, 0.717) is 49.6 Å². The fraction of sp³-hybridized carbons (Fsp3) is 0.500. The van der Waals surface area contributed by atoms with E-state index in [9.17, 15) is 23.5 Å². The number of carbonyl (C=O) groups excluding carboxylic acids is 1. The van der Waals surface area contributed by atoms with Crippen LogP contribution in [-0.4, -0.2) is 45.7 Å². The number of furan rings is 1. The molecule has 0 aliphatic carbocycles. The molecule has 1 fully saturated rings. The number of fused-ring (bicyclic) bond motifs is 1. The molecule has 32 heavy (non-hydrogen) atoms. The Kier molecular flexibility index (Phi) is 8.01. The molecular weight excluding hydrogens is 420 g/mol. The first-order chi connectivity index (χ1) is 15.3. The van der Waals surface area contributed by atoms with E-state index in [4.69, 9.17) is 9.52 Å². The molecule has 1 aromatic heterocycles. The molecule has 0 spiro atoms. The minimum absolute atomic E-state index is 0.0324. The number of unbranched alkanes of at least 4 members (excludes halogenated alkanes) is 3. The number of hydrogen-bond donors (Lipinski definition) is 2. The first-order valence-electron chi connectivity index (χ1n) is 11.0. The Morgan fingerprint density at radius 1 is 1.25 bits per heavy atom. The van der Waals surface area contributed by atoms with Gasteiger partial charge in [-0.15, -0.1) is 0 Å². The molecule has 1 aliphatic rings. The van der Waals surface area contributed by atoms with Crippen LogP contribution in [0.25, 0.3) is 11.0 Å². The average molecular weight is 449 g/mol. The van der Waals surface area contributed by atoms with Crippen LogP contribution < -0.4 is 0 Å². The molecule has 1 saturated heterocycles. The Hall–Kier alpha value is -2.74. The fourth-order valence-electron chi connectivity index (χ4n) is 4.00. The van der Waals surface area contributed by atoms with E-state index in [0.717, 1.165) is 18.9 Å². The summed E-state index contributed by atoms with van der Waals surface area (Å²) in [6, 6.07) is 7.53. The van der Waals surface area contributed by atoms with E-state index in [-0.39, 0.29) is 18.4 Å². The van der Waals surface area contributed by atoms with Gasteiger partial charge in [-0.2, -0.15) is 8.78 Å². The van der Waals surface area contributed by atoms with Gasteiger partial charge in [0, 0.05) is 24.8 Å². The van der Waals surface area contributed by atoms with E-state index in [2.05, 4.69) is 0 Å². The number of hydrogen-bond acceptors (Lipinski definition) is 4. The number of aliphatic hydroxyl groups excluding tert-OH is 1. The molecule has 1 aromatic carbocycles. The maximum absolute atomic E-state index is 14.8. The summed E-state index contributed by atoms with van der Waals surface area (Å²) in [7, 11) is 0. The van der Waals surface area contributed by atoms with Crippen LogP contribution >= 0.6 is 0 Å². The van der Waals surface area contributed by atoms with Gasteiger partial charge >= 0.3 is 11.9 Å². The van der Waals surface area contributed by atoms with Gasteiger partial charge in [-0.1, -0.05) is 43.2 Å². The lowest BCUT2D eigenvalue weighted by Crippen LogP contribution is -2.43. The maximum atomic E-state index is 14.8. The van der Waals surface area contributed by atoms with Crippen molar-refractivity contribution in [3.05, 3.63) is 48.2 Å². The summed E-state index contributed by atoms with van der Waals surface area (Å²) in [6.07, 6.45) is 5.17. The number of alkyl halides is 2. The quantitative estimate of drug-likeness (QED) is 0.378. The van der Waals surface area contributed by atoms with Crippen LogP contribution in [0, 0.1) is 0 Å². The second-order valence-corrected chi connectivity index (χ2v) is 8.21. The molecule has 2 aromatic rings. The second kappa shape index (κ2) is 10.7. The van der Waals surface area contributed by atoms with Crippen molar-refractivity contribution in [2.45, 2.75) is 69.4 Å². The maximum Gasteiger partial charge on any atom is 0.333 e. The summed E-state index contributed by atoms with van der Waals surface area (Å²) in [6.45, 7) is 0.483. The highest BCUT2D eigenvalue weighted by Crippen LogP contribution is 2.36. The van der Waals surface area contributed by atoms with E-state index in [1.807, 2.05) is 0 Å². The first-order valence-corrected chi connectivity index (χ1v) is 11.0. The lowest BCUT2D eigenvalue weighted by atomic mass is 9.99. The van der Waals surface area contributed by atoms with E-state index in [1.54, 1.807) is 29.2 Å². The molecule has 3 rings (SSSR count). The van der Waals surface area contributed by atoms with Crippen molar-refractivity contribution < 1.29 is 33.0 Å². The van der Waals surface area contributed by atoms with Crippen LogP contribution in [0.4, 0.5) is 8.78 Å². The zero-order valence-corrected chi connectivity index (χ0v) is 17.9. The number of likely N-dealkylation sites (tertiary alicyclic amines) is 1. The zero-order valence-electron chi connectivity index (χ0n) is 17.9. The van der Waals surface area contributed by atoms with Crippen LogP contribution in [0.3, 0.4) is 0 Å². The molecule has 2 atom stereocenters. The van der Waals surface area contributed by atoms with Gasteiger partial charge in [0.05, 0.1) is 6.04 Å². The van der Waals surface area contributed by atoms with E-state index < -0.39 is 23.8 Å². The smallest absolute Gasteiger partial charge is 0.333 e. The van der Waals surface area contributed by atoms with Crippen molar-refractivity contribution in [3.8, 4) is 0 Å². The fourth-order valence-corrected chi connectivity index (χ4v) is 4.00. The molecule has 174 valence electrons. The largest absolute Gasteiger partial charge is 0.481 e. The highest BCUT2D eigenvalue weighted by atomic mass is 19.3. The molecular formula is C24H29F2NO5. The number of benzene rings is 1. The molecule has 0 bridgehead atoms. The van der Waals surface area contributed by atoms with Crippen molar-refractivity contribution in [1.29, 1.82) is 0 Å². The third kappa shape index (κ3) is 5.94. The number of halogens is 2. The minimum Gasteiger partial charge on any atom is -0.481 e. The zero-order chi connectivity index (χ0) is 23.1. The number of rotatable bonds is 11. The first kappa shape index (κ1) is 23.9. The van der Waals surface area contributed by atoms with Crippen molar-refractivity contribution in [3.63, 3.8) is 0 Å². The predicted molar refractivity (Wildman–Crippen MR) is 115 cm³/mol. The standard InChI is InChI=1S/C24H29F2NO5/c25-24(26,21-16-17-8-4-5-10-19(17)32-21)20(28)14-13-18-9-7-11-22(29)27(18)15-6-2-1-3-12-23(30)31/h4-5,8,10,13-14,16,18,20,28H,1-3,6-7,9,11-12,15H2,(H,30,31)/b14-13+/t18-,20-/m1/s1. The molecule has 6 nitrogen and oxygen atoms in total. The molecule has 0 unspecified atom stereocenters. The van der Waals surface area contributed by atoms with Gasteiger partial charge in [-0.3, -0.25) is 9.59 Å². The van der Waals surface area contributed by atoms with Gasteiger partial charge in [0.2, 0.25) is 5.91 Å². The highest BCUT2D eigenvalue weighted by Gasteiger charge is 2.42. The number of carboxylic acid groups (broad SMARTS) is 1. The number of amides is 1. The Labute approximate surface area is 185 Å². The third-order valence-corrected chi connectivity index (χ3v) is 5.79.